The maximum Gasteiger partial charge on any atom is 0.302 e. The number of aryl methyl sites for hydroxylation is 1. The fraction of sp³-hybridized carbons (Fsp3) is 0.407. The largest absolute Gasteiger partial charge is 0.494 e. The zero-order valence-electron chi connectivity index (χ0n) is 21.5. The summed E-state index contributed by atoms with van der Waals surface area (Å²) in [4.78, 5) is 24.3. The van der Waals surface area contributed by atoms with Crippen LogP contribution in [0, 0.1) is 0 Å². The maximum absolute atomic E-state index is 12.7. The second kappa shape index (κ2) is 10.3. The van der Waals surface area contributed by atoms with Gasteiger partial charge in [-0.05, 0) is 54.2 Å². The molecule has 1 aromatic carbocycles. The van der Waals surface area contributed by atoms with E-state index >= 15 is 0 Å². The standard InChI is InChI=1S/C27H32N2O8S/c1-4-5-17-12-25(32)29(26(17)33)11-9-24(31)28-18-6-7-19-20-8-10-27(3,38(34,35)36)14-22(20)23(21(19)13-18)15-37-16(2)30/h6-8,12-14,23,32-33H,4-5,9-11,15H2,1-3H3,(H,28,31)(H,34,35,36). The smallest absolute Gasteiger partial charge is 0.302 e. The van der Waals surface area contributed by atoms with Crippen molar-refractivity contribution in [2.24, 2.45) is 0 Å². The highest BCUT2D eigenvalue weighted by Crippen LogP contribution is 2.51. The van der Waals surface area contributed by atoms with Crippen LogP contribution in [0.15, 0.2) is 42.0 Å². The summed E-state index contributed by atoms with van der Waals surface area (Å²) in [7, 11) is -4.39. The summed E-state index contributed by atoms with van der Waals surface area (Å²) < 4.78 is 39.0. The molecule has 1 heterocycles. The highest BCUT2D eigenvalue weighted by atomic mass is 32.2. The Labute approximate surface area is 221 Å². The number of carbonyl (C=O) groups excluding carboxylic acids is 2. The predicted molar refractivity (Wildman–Crippen MR) is 141 cm³/mol. The fourth-order valence-electron chi connectivity index (χ4n) is 5.03. The van der Waals surface area contributed by atoms with Crippen LogP contribution >= 0.6 is 0 Å². The SMILES string of the molecule is CCCc1cc(O)n(CCC(=O)Nc2ccc3c(c2)C(COC(C)=O)C2=CC(C)(S(=O)(=O)O)CC=C23)c1O. The first-order valence-electron chi connectivity index (χ1n) is 12.4. The van der Waals surface area contributed by atoms with Crippen molar-refractivity contribution in [3.05, 3.63) is 58.7 Å². The van der Waals surface area contributed by atoms with Gasteiger partial charge in [-0.15, -0.1) is 0 Å². The molecule has 2 atom stereocenters. The minimum atomic E-state index is -4.39. The first kappa shape index (κ1) is 27.5. The van der Waals surface area contributed by atoms with Crippen LogP contribution in [0.25, 0.3) is 5.57 Å². The van der Waals surface area contributed by atoms with Crippen molar-refractivity contribution in [1.82, 2.24) is 4.57 Å². The van der Waals surface area contributed by atoms with Crippen LogP contribution < -0.4 is 5.32 Å². The molecule has 0 radical (unpaired) electrons. The number of nitrogens with one attached hydrogen (secondary N) is 1. The minimum Gasteiger partial charge on any atom is -0.494 e. The van der Waals surface area contributed by atoms with Gasteiger partial charge in [0.2, 0.25) is 5.91 Å². The highest BCUT2D eigenvalue weighted by Gasteiger charge is 2.43. The summed E-state index contributed by atoms with van der Waals surface area (Å²) in [5.74, 6) is -1.46. The number of ether oxygens (including phenoxy) is 1. The molecule has 1 aromatic heterocycles. The second-order valence-corrected chi connectivity index (χ2v) is 11.8. The molecule has 38 heavy (non-hydrogen) atoms. The predicted octanol–water partition coefficient (Wildman–Crippen LogP) is 3.90. The number of anilines is 1. The van der Waals surface area contributed by atoms with Crippen LogP contribution in [-0.4, -0.2) is 51.0 Å². The molecule has 0 saturated heterocycles. The van der Waals surface area contributed by atoms with Crippen LogP contribution in [0.1, 0.15) is 62.6 Å². The Morgan fingerprint density at radius 1 is 1.24 bits per heavy atom. The number of allylic oxidation sites excluding steroid dienone is 2. The molecule has 4 rings (SSSR count). The third-order valence-electron chi connectivity index (χ3n) is 7.11. The monoisotopic (exact) mass is 544 g/mol. The molecule has 11 heteroatoms. The molecule has 0 saturated carbocycles. The summed E-state index contributed by atoms with van der Waals surface area (Å²) in [6.07, 6.45) is 4.78. The van der Waals surface area contributed by atoms with E-state index in [-0.39, 0.29) is 43.7 Å². The van der Waals surface area contributed by atoms with E-state index in [4.69, 9.17) is 4.74 Å². The summed E-state index contributed by atoms with van der Waals surface area (Å²) in [5.41, 5.74) is 4.14. The molecule has 0 bridgehead atoms. The number of hydrogen-bond donors (Lipinski definition) is 4. The first-order valence-corrected chi connectivity index (χ1v) is 13.9. The van der Waals surface area contributed by atoms with Gasteiger partial charge in [0.1, 0.15) is 11.4 Å². The van der Waals surface area contributed by atoms with E-state index in [9.17, 15) is 32.8 Å². The lowest BCUT2D eigenvalue weighted by molar-refractivity contribution is -0.141. The van der Waals surface area contributed by atoms with E-state index < -0.39 is 26.8 Å². The van der Waals surface area contributed by atoms with Gasteiger partial charge >= 0.3 is 5.97 Å². The Bertz CT molecular complexity index is 1450. The van der Waals surface area contributed by atoms with Crippen molar-refractivity contribution in [3.63, 3.8) is 0 Å². The van der Waals surface area contributed by atoms with E-state index in [0.717, 1.165) is 23.1 Å². The van der Waals surface area contributed by atoms with E-state index in [1.807, 2.05) is 13.0 Å². The lowest BCUT2D eigenvalue weighted by atomic mass is 9.87. The number of nitrogens with zero attached hydrogens (tertiary/aromatic N) is 1. The molecule has 2 aliphatic rings. The summed E-state index contributed by atoms with van der Waals surface area (Å²) in [6.45, 7) is 4.74. The Morgan fingerprint density at radius 3 is 2.63 bits per heavy atom. The van der Waals surface area contributed by atoms with Crippen molar-refractivity contribution in [2.75, 3.05) is 11.9 Å². The number of amides is 1. The number of hydrogen-bond acceptors (Lipinski definition) is 7. The summed E-state index contributed by atoms with van der Waals surface area (Å²) in [5, 5.41) is 23.3. The van der Waals surface area contributed by atoms with Crippen LogP contribution in [0.4, 0.5) is 5.69 Å². The fourth-order valence-corrected chi connectivity index (χ4v) is 5.60. The van der Waals surface area contributed by atoms with Gasteiger partial charge in [-0.1, -0.05) is 31.6 Å². The van der Waals surface area contributed by atoms with Crippen molar-refractivity contribution < 1.29 is 37.5 Å². The van der Waals surface area contributed by atoms with Crippen LogP contribution in [-0.2, 0) is 37.4 Å². The molecule has 0 spiro atoms. The van der Waals surface area contributed by atoms with Crippen molar-refractivity contribution in [3.8, 4) is 11.8 Å². The second-order valence-electron chi connectivity index (χ2n) is 9.92. The number of benzene rings is 1. The minimum absolute atomic E-state index is 0.00164. The Morgan fingerprint density at radius 2 is 1.97 bits per heavy atom. The molecule has 2 aliphatic carbocycles. The number of aromatic nitrogens is 1. The molecule has 0 aliphatic heterocycles. The summed E-state index contributed by atoms with van der Waals surface area (Å²) >= 11 is 0. The first-order chi connectivity index (χ1) is 17.8. The van der Waals surface area contributed by atoms with Gasteiger partial charge < -0.3 is 20.3 Å². The third kappa shape index (κ3) is 5.21. The molecule has 2 aromatic rings. The van der Waals surface area contributed by atoms with Gasteiger partial charge in [0.05, 0.1) is 0 Å². The lowest BCUT2D eigenvalue weighted by Gasteiger charge is -2.27. The zero-order valence-corrected chi connectivity index (χ0v) is 22.3. The van der Waals surface area contributed by atoms with E-state index in [0.29, 0.717) is 23.2 Å². The van der Waals surface area contributed by atoms with E-state index in [2.05, 4.69) is 5.32 Å². The van der Waals surface area contributed by atoms with Gasteiger partial charge in [-0.3, -0.25) is 18.7 Å². The van der Waals surface area contributed by atoms with Gasteiger partial charge in [0.25, 0.3) is 10.1 Å². The normalized spacial score (nSPS) is 20.3. The molecule has 10 nitrogen and oxygen atoms in total. The number of esters is 1. The molecule has 4 N–H and O–H groups in total. The third-order valence-corrected chi connectivity index (χ3v) is 8.57. The lowest BCUT2D eigenvalue weighted by Crippen LogP contribution is -2.34. The van der Waals surface area contributed by atoms with Crippen molar-refractivity contribution in [1.29, 1.82) is 0 Å². The van der Waals surface area contributed by atoms with E-state index in [1.54, 1.807) is 18.2 Å². The number of rotatable bonds is 9. The van der Waals surface area contributed by atoms with Gasteiger partial charge in [0, 0.05) is 43.1 Å². The quantitative estimate of drug-likeness (QED) is 0.274. The number of fused-ring (bicyclic) bond motifs is 3. The Hall–Kier alpha value is -3.57. The molecule has 2 unspecified atom stereocenters. The van der Waals surface area contributed by atoms with Crippen molar-refractivity contribution >= 4 is 33.3 Å². The molecule has 1 amide bonds. The zero-order chi connectivity index (χ0) is 27.8. The average molecular weight is 545 g/mol. The van der Waals surface area contributed by atoms with Crippen LogP contribution in [0.5, 0.6) is 11.8 Å². The van der Waals surface area contributed by atoms with Gasteiger partial charge in [0.15, 0.2) is 11.8 Å². The maximum atomic E-state index is 12.7. The van der Waals surface area contributed by atoms with Gasteiger partial charge in [-0.25, -0.2) is 0 Å². The van der Waals surface area contributed by atoms with Crippen LogP contribution in [0.3, 0.4) is 0 Å². The number of carbonyl (C=O) groups is 2. The van der Waals surface area contributed by atoms with Crippen molar-refractivity contribution in [2.45, 2.75) is 63.7 Å². The van der Waals surface area contributed by atoms with Crippen LogP contribution in [0.2, 0.25) is 0 Å². The Kier molecular flexibility index (Phi) is 7.44. The number of aromatic hydroxyl groups is 2. The molecular formula is C27H32N2O8S. The topological polar surface area (TPSA) is 155 Å². The molecule has 204 valence electrons. The molecular weight excluding hydrogens is 512 g/mol. The summed E-state index contributed by atoms with van der Waals surface area (Å²) in [6, 6.07) is 6.80. The highest BCUT2D eigenvalue weighted by molar-refractivity contribution is 7.87. The Balaban J connectivity index is 1.56. The molecule has 0 fully saturated rings. The average Bonchev–Trinajstić information content (AvgIpc) is 3.27. The van der Waals surface area contributed by atoms with E-state index in [1.165, 1.54) is 30.6 Å². The van der Waals surface area contributed by atoms with Gasteiger partial charge in [-0.2, -0.15) is 8.42 Å².